The van der Waals surface area contributed by atoms with Gasteiger partial charge in [0, 0.05) is 30.2 Å². The zero-order valence-corrected chi connectivity index (χ0v) is 13.8. The Labute approximate surface area is 144 Å². The van der Waals surface area contributed by atoms with Gasteiger partial charge in [0.05, 0.1) is 16.3 Å². The van der Waals surface area contributed by atoms with Crippen LogP contribution in [0.4, 0.5) is 11.4 Å². The summed E-state index contributed by atoms with van der Waals surface area (Å²) in [6.07, 6.45) is 6.03. The number of benzene rings is 1. The predicted octanol–water partition coefficient (Wildman–Crippen LogP) is 4.05. The molecule has 2 aliphatic carbocycles. The first-order valence-electron chi connectivity index (χ1n) is 8.68. The molecule has 2 saturated carbocycles. The highest BCUT2D eigenvalue weighted by molar-refractivity contribution is 6.04. The first kappa shape index (κ1) is 15.8. The van der Waals surface area contributed by atoms with E-state index in [4.69, 9.17) is 4.52 Å². The Morgan fingerprint density at radius 2 is 1.96 bits per heavy atom. The topological polar surface area (TPSA) is 89.5 Å². The molecule has 2 fully saturated rings. The fraction of sp³-hybridized carbons (Fsp3) is 0.444. The van der Waals surface area contributed by atoms with Crippen LogP contribution in [0.2, 0.25) is 0 Å². The van der Waals surface area contributed by atoms with Gasteiger partial charge in [-0.1, -0.05) is 24.1 Å². The van der Waals surface area contributed by atoms with Crippen molar-refractivity contribution >= 4 is 17.3 Å². The molecule has 1 aromatic carbocycles. The lowest BCUT2D eigenvalue weighted by Gasteiger charge is -2.28. The van der Waals surface area contributed by atoms with Crippen molar-refractivity contribution in [2.45, 2.75) is 50.5 Å². The number of nitrogens with zero attached hydrogens (tertiary/aromatic N) is 3. The summed E-state index contributed by atoms with van der Waals surface area (Å²) >= 11 is 0. The zero-order chi connectivity index (χ0) is 17.4. The molecule has 0 spiro atoms. The number of nitro groups is 1. The number of carbonyl (C=O) groups is 1. The molecule has 1 aromatic heterocycles. The van der Waals surface area contributed by atoms with Crippen LogP contribution in [0, 0.1) is 10.1 Å². The predicted molar refractivity (Wildman–Crippen MR) is 90.6 cm³/mol. The molecule has 1 heterocycles. The molecule has 7 heteroatoms. The van der Waals surface area contributed by atoms with Crippen molar-refractivity contribution in [1.29, 1.82) is 0 Å². The number of aromatic nitrogens is 1. The molecule has 0 bridgehead atoms. The molecule has 0 radical (unpaired) electrons. The van der Waals surface area contributed by atoms with Crippen LogP contribution in [0.1, 0.15) is 60.7 Å². The van der Waals surface area contributed by atoms with Crippen molar-refractivity contribution in [3.05, 3.63) is 51.9 Å². The molecular formula is C18H19N3O4. The average Bonchev–Trinajstić information content (AvgIpc) is 3.11. The van der Waals surface area contributed by atoms with Gasteiger partial charge in [0.25, 0.3) is 11.6 Å². The van der Waals surface area contributed by atoms with E-state index in [9.17, 15) is 14.9 Å². The van der Waals surface area contributed by atoms with E-state index < -0.39 is 4.92 Å². The summed E-state index contributed by atoms with van der Waals surface area (Å²) in [6, 6.07) is 7.98. The molecular weight excluding hydrogens is 322 g/mol. The van der Waals surface area contributed by atoms with Crippen molar-refractivity contribution in [3.63, 3.8) is 0 Å². The lowest BCUT2D eigenvalue weighted by Crippen LogP contribution is -2.38. The molecule has 0 aliphatic heterocycles. The fourth-order valence-electron chi connectivity index (χ4n) is 3.49. The first-order valence-corrected chi connectivity index (χ1v) is 8.68. The van der Waals surface area contributed by atoms with Crippen molar-refractivity contribution in [2.75, 3.05) is 4.90 Å². The molecule has 130 valence electrons. The molecule has 2 aliphatic rings. The van der Waals surface area contributed by atoms with Crippen LogP contribution >= 0.6 is 0 Å². The lowest BCUT2D eigenvalue weighted by molar-refractivity contribution is -0.384. The number of anilines is 1. The van der Waals surface area contributed by atoms with Gasteiger partial charge >= 0.3 is 0 Å². The summed E-state index contributed by atoms with van der Waals surface area (Å²) < 4.78 is 5.29. The van der Waals surface area contributed by atoms with E-state index in [0.717, 1.165) is 44.2 Å². The van der Waals surface area contributed by atoms with E-state index in [0.29, 0.717) is 11.6 Å². The van der Waals surface area contributed by atoms with Crippen LogP contribution in [-0.2, 0) is 0 Å². The van der Waals surface area contributed by atoms with Gasteiger partial charge in [0.1, 0.15) is 0 Å². The van der Waals surface area contributed by atoms with Crippen LogP contribution in [-0.4, -0.2) is 22.0 Å². The van der Waals surface area contributed by atoms with E-state index in [1.54, 1.807) is 23.1 Å². The summed E-state index contributed by atoms with van der Waals surface area (Å²) in [6.45, 7) is 0. The monoisotopic (exact) mass is 341 g/mol. The van der Waals surface area contributed by atoms with Crippen LogP contribution in [0.3, 0.4) is 0 Å². The Bertz CT molecular complexity index is 806. The van der Waals surface area contributed by atoms with Crippen molar-refractivity contribution in [3.8, 4) is 0 Å². The van der Waals surface area contributed by atoms with Crippen molar-refractivity contribution in [2.24, 2.45) is 0 Å². The minimum absolute atomic E-state index is 0.0236. The molecule has 0 N–H and O–H groups in total. The average molecular weight is 341 g/mol. The Kier molecular flexibility index (Phi) is 3.99. The Balaban J connectivity index is 1.68. The minimum Gasteiger partial charge on any atom is -0.351 e. The summed E-state index contributed by atoms with van der Waals surface area (Å²) in [7, 11) is 0. The maximum Gasteiger partial charge on any atom is 0.297 e. The SMILES string of the molecule is O=C(c1cc(C2CC2)no1)N(c1cccc([N+](=O)[O-])c1)C1CCCC1. The van der Waals surface area contributed by atoms with Crippen molar-refractivity contribution in [1.82, 2.24) is 5.16 Å². The molecule has 25 heavy (non-hydrogen) atoms. The van der Waals surface area contributed by atoms with E-state index >= 15 is 0 Å². The van der Waals surface area contributed by atoms with E-state index in [2.05, 4.69) is 5.16 Å². The first-order chi connectivity index (χ1) is 12.1. The van der Waals surface area contributed by atoms with Crippen LogP contribution in [0.25, 0.3) is 0 Å². The summed E-state index contributed by atoms with van der Waals surface area (Å²) in [5, 5.41) is 15.1. The maximum absolute atomic E-state index is 13.1. The van der Waals surface area contributed by atoms with Crippen LogP contribution in [0.5, 0.6) is 0 Å². The quantitative estimate of drug-likeness (QED) is 0.604. The number of hydrogen-bond donors (Lipinski definition) is 0. The Morgan fingerprint density at radius 1 is 1.20 bits per heavy atom. The molecule has 1 amide bonds. The largest absolute Gasteiger partial charge is 0.351 e. The highest BCUT2D eigenvalue weighted by atomic mass is 16.6. The Morgan fingerprint density at radius 3 is 2.64 bits per heavy atom. The second kappa shape index (κ2) is 6.31. The number of non-ortho nitro benzene ring substituents is 1. The third kappa shape index (κ3) is 3.14. The number of hydrogen-bond acceptors (Lipinski definition) is 5. The zero-order valence-electron chi connectivity index (χ0n) is 13.8. The highest BCUT2D eigenvalue weighted by Crippen LogP contribution is 2.40. The fourth-order valence-corrected chi connectivity index (χ4v) is 3.49. The normalized spacial score (nSPS) is 17.6. The second-order valence-electron chi connectivity index (χ2n) is 6.78. The summed E-state index contributed by atoms with van der Waals surface area (Å²) in [4.78, 5) is 25.4. The van der Waals surface area contributed by atoms with E-state index in [1.807, 2.05) is 0 Å². The van der Waals surface area contributed by atoms with Crippen LogP contribution in [0.15, 0.2) is 34.9 Å². The van der Waals surface area contributed by atoms with Gasteiger partial charge in [-0.2, -0.15) is 0 Å². The smallest absolute Gasteiger partial charge is 0.297 e. The van der Waals surface area contributed by atoms with Crippen molar-refractivity contribution < 1.29 is 14.2 Å². The summed E-state index contributed by atoms with van der Waals surface area (Å²) in [5.41, 5.74) is 1.34. The molecule has 0 saturated heterocycles. The minimum atomic E-state index is -0.444. The van der Waals surface area contributed by atoms with Gasteiger partial charge < -0.3 is 9.42 Å². The van der Waals surface area contributed by atoms with Gasteiger partial charge in [-0.3, -0.25) is 14.9 Å². The van der Waals surface area contributed by atoms with Gasteiger partial charge in [-0.25, -0.2) is 0 Å². The summed E-state index contributed by atoms with van der Waals surface area (Å²) in [5.74, 6) is 0.343. The molecule has 0 unspecified atom stereocenters. The number of nitro benzene ring substituents is 1. The molecule has 0 atom stereocenters. The third-order valence-electron chi connectivity index (χ3n) is 4.96. The number of rotatable bonds is 5. The molecule has 4 rings (SSSR count). The van der Waals surface area contributed by atoms with Gasteiger partial charge in [-0.05, 0) is 31.7 Å². The standard InChI is InChI=1S/C18H19N3O4/c22-18(17-11-16(19-25-17)12-8-9-12)20(13-4-1-2-5-13)14-6-3-7-15(10-14)21(23)24/h3,6-7,10-13H,1-2,4-5,8-9H2. The van der Waals surface area contributed by atoms with E-state index in [-0.39, 0.29) is 23.4 Å². The highest BCUT2D eigenvalue weighted by Gasteiger charge is 2.33. The lowest BCUT2D eigenvalue weighted by atomic mass is 10.1. The van der Waals surface area contributed by atoms with Gasteiger partial charge in [-0.15, -0.1) is 0 Å². The number of carbonyl (C=O) groups excluding carboxylic acids is 1. The van der Waals surface area contributed by atoms with E-state index in [1.165, 1.54) is 12.1 Å². The number of amides is 1. The molecule has 7 nitrogen and oxygen atoms in total. The molecule has 2 aromatic rings. The van der Waals surface area contributed by atoms with Gasteiger partial charge in [0.2, 0.25) is 5.76 Å². The van der Waals surface area contributed by atoms with Crippen LogP contribution < -0.4 is 4.90 Å². The third-order valence-corrected chi connectivity index (χ3v) is 4.96. The van der Waals surface area contributed by atoms with Gasteiger partial charge in [0.15, 0.2) is 0 Å². The maximum atomic E-state index is 13.1. The Hall–Kier alpha value is -2.70. The second-order valence-corrected chi connectivity index (χ2v) is 6.78.